The van der Waals surface area contributed by atoms with Crippen LogP contribution in [-0.4, -0.2) is 11.8 Å². The van der Waals surface area contributed by atoms with E-state index in [9.17, 15) is 4.79 Å². The standard InChI is InChI=1S/C7H13NO/c1-5(8)7(9)4-6-2-3-6/h5-6H,2-4,8H2,1H3/t5-/m0/s1. The Hall–Kier alpha value is -0.370. The largest absolute Gasteiger partial charge is 0.322 e. The molecular formula is C7H13NO. The van der Waals surface area contributed by atoms with Crippen LogP contribution in [0.25, 0.3) is 0 Å². The van der Waals surface area contributed by atoms with Crippen molar-refractivity contribution in [2.75, 3.05) is 0 Å². The number of hydrogen-bond donors (Lipinski definition) is 1. The third kappa shape index (κ3) is 2.14. The van der Waals surface area contributed by atoms with Gasteiger partial charge in [-0.25, -0.2) is 0 Å². The highest BCUT2D eigenvalue weighted by Crippen LogP contribution is 2.32. The zero-order chi connectivity index (χ0) is 6.85. The SMILES string of the molecule is C[C@H](N)C(=O)CC1CC1. The molecule has 52 valence electrons. The lowest BCUT2D eigenvalue weighted by atomic mass is 10.1. The summed E-state index contributed by atoms with van der Waals surface area (Å²) in [6, 6.07) is -0.245. The molecule has 1 aliphatic carbocycles. The minimum absolute atomic E-state index is 0.220. The van der Waals surface area contributed by atoms with E-state index < -0.39 is 0 Å². The molecule has 0 aliphatic heterocycles. The maximum atomic E-state index is 10.9. The second-order valence-corrected chi connectivity index (χ2v) is 2.90. The number of nitrogens with two attached hydrogens (primary N) is 1. The normalized spacial score (nSPS) is 21.6. The van der Waals surface area contributed by atoms with Crippen molar-refractivity contribution in [3.8, 4) is 0 Å². The Labute approximate surface area is 55.4 Å². The highest BCUT2D eigenvalue weighted by molar-refractivity contribution is 5.83. The predicted molar refractivity (Wildman–Crippen MR) is 36.0 cm³/mol. The van der Waals surface area contributed by atoms with E-state index in [1.807, 2.05) is 0 Å². The van der Waals surface area contributed by atoms with Gasteiger partial charge in [-0.05, 0) is 25.7 Å². The maximum absolute atomic E-state index is 10.9. The van der Waals surface area contributed by atoms with Gasteiger partial charge in [0.05, 0.1) is 6.04 Å². The van der Waals surface area contributed by atoms with Gasteiger partial charge in [-0.1, -0.05) is 0 Å². The summed E-state index contributed by atoms with van der Waals surface area (Å²) in [4.78, 5) is 10.9. The van der Waals surface area contributed by atoms with Crippen molar-refractivity contribution in [3.63, 3.8) is 0 Å². The lowest BCUT2D eigenvalue weighted by Gasteiger charge is -2.00. The van der Waals surface area contributed by atoms with Crippen molar-refractivity contribution in [3.05, 3.63) is 0 Å². The van der Waals surface area contributed by atoms with Crippen LogP contribution in [0.15, 0.2) is 0 Å². The fourth-order valence-electron chi connectivity index (χ4n) is 0.792. The van der Waals surface area contributed by atoms with Gasteiger partial charge in [0.15, 0.2) is 0 Å². The second-order valence-electron chi connectivity index (χ2n) is 2.90. The molecule has 0 amide bonds. The van der Waals surface area contributed by atoms with Gasteiger partial charge in [0.2, 0.25) is 0 Å². The monoisotopic (exact) mass is 127 g/mol. The van der Waals surface area contributed by atoms with Crippen LogP contribution in [0.5, 0.6) is 0 Å². The quantitative estimate of drug-likeness (QED) is 0.606. The van der Waals surface area contributed by atoms with Gasteiger partial charge in [-0.2, -0.15) is 0 Å². The van der Waals surface area contributed by atoms with Crippen molar-refractivity contribution < 1.29 is 4.79 Å². The van der Waals surface area contributed by atoms with Gasteiger partial charge in [-0.15, -0.1) is 0 Å². The highest BCUT2D eigenvalue weighted by atomic mass is 16.1. The summed E-state index contributed by atoms with van der Waals surface area (Å²) in [7, 11) is 0. The van der Waals surface area contributed by atoms with Crippen LogP contribution in [0.4, 0.5) is 0 Å². The van der Waals surface area contributed by atoms with E-state index in [1.165, 1.54) is 12.8 Å². The minimum Gasteiger partial charge on any atom is -0.322 e. The molecule has 0 unspecified atom stereocenters. The summed E-state index contributed by atoms with van der Waals surface area (Å²) < 4.78 is 0. The first-order valence-electron chi connectivity index (χ1n) is 3.48. The Balaban J connectivity index is 2.17. The van der Waals surface area contributed by atoms with Crippen LogP contribution in [0, 0.1) is 5.92 Å². The molecule has 0 heterocycles. The van der Waals surface area contributed by atoms with Gasteiger partial charge in [0, 0.05) is 6.42 Å². The Bertz CT molecular complexity index is 116. The molecule has 0 aromatic heterocycles. The van der Waals surface area contributed by atoms with E-state index in [1.54, 1.807) is 6.92 Å². The van der Waals surface area contributed by atoms with E-state index in [0.717, 1.165) is 6.42 Å². The summed E-state index contributed by atoms with van der Waals surface area (Å²) >= 11 is 0. The molecule has 1 fully saturated rings. The first-order valence-corrected chi connectivity index (χ1v) is 3.48. The number of carbonyl (C=O) groups is 1. The molecule has 0 aromatic carbocycles. The first kappa shape index (κ1) is 6.75. The zero-order valence-electron chi connectivity index (χ0n) is 5.76. The minimum atomic E-state index is -0.245. The van der Waals surface area contributed by atoms with Crippen LogP contribution < -0.4 is 5.73 Å². The van der Waals surface area contributed by atoms with Gasteiger partial charge in [0.25, 0.3) is 0 Å². The van der Waals surface area contributed by atoms with Gasteiger partial charge in [-0.3, -0.25) is 4.79 Å². The molecule has 0 saturated heterocycles. The van der Waals surface area contributed by atoms with Crippen molar-refractivity contribution in [1.29, 1.82) is 0 Å². The van der Waals surface area contributed by atoms with Crippen molar-refractivity contribution in [1.82, 2.24) is 0 Å². The molecule has 2 N–H and O–H groups in total. The second kappa shape index (κ2) is 2.48. The molecule has 1 rings (SSSR count). The molecule has 2 nitrogen and oxygen atoms in total. The molecule has 0 radical (unpaired) electrons. The molecule has 2 heteroatoms. The van der Waals surface area contributed by atoms with E-state index in [2.05, 4.69) is 0 Å². The lowest BCUT2D eigenvalue weighted by Crippen LogP contribution is -2.26. The number of Topliss-reactive ketones (excluding diaryl/α,β-unsaturated/α-hetero) is 1. The summed E-state index contributed by atoms with van der Waals surface area (Å²) in [5.74, 6) is 0.904. The van der Waals surface area contributed by atoms with Crippen LogP contribution in [-0.2, 0) is 4.79 Å². The average molecular weight is 127 g/mol. The molecule has 0 bridgehead atoms. The predicted octanol–water partition coefficient (Wildman–Crippen LogP) is 0.703. The van der Waals surface area contributed by atoms with Crippen molar-refractivity contribution in [2.45, 2.75) is 32.2 Å². The summed E-state index contributed by atoms with van der Waals surface area (Å²) in [6.07, 6.45) is 3.19. The molecule has 0 aromatic rings. The third-order valence-corrected chi connectivity index (χ3v) is 1.69. The van der Waals surface area contributed by atoms with Crippen LogP contribution in [0.3, 0.4) is 0 Å². The highest BCUT2D eigenvalue weighted by Gasteiger charge is 2.25. The van der Waals surface area contributed by atoms with E-state index >= 15 is 0 Å². The van der Waals surface area contributed by atoms with E-state index in [-0.39, 0.29) is 11.8 Å². The third-order valence-electron chi connectivity index (χ3n) is 1.69. The summed E-state index contributed by atoms with van der Waals surface area (Å²) in [6.45, 7) is 1.75. The average Bonchev–Trinajstić information content (AvgIpc) is 2.50. The fourth-order valence-corrected chi connectivity index (χ4v) is 0.792. The smallest absolute Gasteiger partial charge is 0.149 e. The Morgan fingerprint density at radius 1 is 1.78 bits per heavy atom. The number of carbonyl (C=O) groups excluding carboxylic acids is 1. The van der Waals surface area contributed by atoms with Crippen molar-refractivity contribution in [2.24, 2.45) is 11.7 Å². The summed E-state index contributed by atoms with van der Waals surface area (Å²) in [5.41, 5.74) is 5.36. The topological polar surface area (TPSA) is 43.1 Å². The molecule has 0 spiro atoms. The van der Waals surface area contributed by atoms with Crippen LogP contribution >= 0.6 is 0 Å². The molecule has 1 aliphatic rings. The first-order chi connectivity index (χ1) is 4.20. The molecule has 1 atom stereocenters. The van der Waals surface area contributed by atoms with Gasteiger partial charge < -0.3 is 5.73 Å². The maximum Gasteiger partial charge on any atom is 0.149 e. The Morgan fingerprint density at radius 3 is 2.67 bits per heavy atom. The van der Waals surface area contributed by atoms with Gasteiger partial charge >= 0.3 is 0 Å². The lowest BCUT2D eigenvalue weighted by molar-refractivity contribution is -0.120. The number of rotatable bonds is 3. The Kier molecular flexibility index (Phi) is 1.86. The van der Waals surface area contributed by atoms with Crippen LogP contribution in [0.2, 0.25) is 0 Å². The molecule has 1 saturated carbocycles. The van der Waals surface area contributed by atoms with Gasteiger partial charge in [0.1, 0.15) is 5.78 Å². The van der Waals surface area contributed by atoms with E-state index in [4.69, 9.17) is 5.73 Å². The fraction of sp³-hybridized carbons (Fsp3) is 0.857. The number of ketones is 1. The summed E-state index contributed by atoms with van der Waals surface area (Å²) in [5, 5.41) is 0. The number of hydrogen-bond acceptors (Lipinski definition) is 2. The van der Waals surface area contributed by atoms with Crippen LogP contribution in [0.1, 0.15) is 26.2 Å². The molecule has 9 heavy (non-hydrogen) atoms. The Morgan fingerprint density at radius 2 is 2.33 bits per heavy atom. The zero-order valence-corrected chi connectivity index (χ0v) is 5.76. The molecular weight excluding hydrogens is 114 g/mol. The van der Waals surface area contributed by atoms with Crippen molar-refractivity contribution >= 4 is 5.78 Å². The van der Waals surface area contributed by atoms with E-state index in [0.29, 0.717) is 5.92 Å².